The second-order valence-electron chi connectivity index (χ2n) is 6.77. The molecule has 1 saturated heterocycles. The Labute approximate surface area is 161 Å². The Morgan fingerprint density at radius 3 is 2.52 bits per heavy atom. The van der Waals surface area contributed by atoms with Crippen LogP contribution in [0.4, 0.5) is 5.00 Å². The summed E-state index contributed by atoms with van der Waals surface area (Å²) in [5, 5.41) is 12.3. The number of thiophene rings is 1. The fourth-order valence-corrected chi connectivity index (χ4v) is 3.90. The van der Waals surface area contributed by atoms with Crippen molar-refractivity contribution >= 4 is 22.3 Å². The van der Waals surface area contributed by atoms with Crippen LogP contribution in [0.1, 0.15) is 35.3 Å². The molecule has 0 saturated carbocycles. The Bertz CT molecular complexity index is 795. The fourth-order valence-electron chi connectivity index (χ4n) is 3.18. The van der Waals surface area contributed by atoms with E-state index in [1.54, 1.807) is 17.5 Å². The number of hydrogen-bond donors (Lipinski definition) is 0. The van der Waals surface area contributed by atoms with Crippen molar-refractivity contribution in [2.45, 2.75) is 39.2 Å². The smallest absolute Gasteiger partial charge is 0.338 e. The molecule has 0 N–H and O–H groups in total. The Morgan fingerprint density at radius 2 is 1.93 bits per heavy atom. The molecule has 2 heterocycles. The zero-order chi connectivity index (χ0) is 19.4. The van der Waals surface area contributed by atoms with Crippen LogP contribution in [0.3, 0.4) is 0 Å². The Balaban J connectivity index is 1.53. The Hall–Kier alpha value is -2.29. The molecule has 7 nitrogen and oxygen atoms in total. The summed E-state index contributed by atoms with van der Waals surface area (Å²) < 4.78 is 11.0. The number of nitrogens with zero attached hydrogens (tertiary/aromatic N) is 2. The van der Waals surface area contributed by atoms with Gasteiger partial charge in [0.1, 0.15) is 6.61 Å². The molecule has 3 rings (SSSR count). The van der Waals surface area contributed by atoms with Gasteiger partial charge in [-0.1, -0.05) is 23.5 Å². The van der Waals surface area contributed by atoms with Gasteiger partial charge in [0.25, 0.3) is 0 Å². The monoisotopic (exact) mass is 390 g/mol. The van der Waals surface area contributed by atoms with E-state index in [9.17, 15) is 14.9 Å². The highest BCUT2D eigenvalue weighted by Gasteiger charge is 2.22. The highest BCUT2D eigenvalue weighted by atomic mass is 32.1. The predicted octanol–water partition coefficient (Wildman–Crippen LogP) is 3.62. The summed E-state index contributed by atoms with van der Waals surface area (Å²) in [6.07, 6.45) is 0.437. The summed E-state index contributed by atoms with van der Waals surface area (Å²) in [7, 11) is 0. The van der Waals surface area contributed by atoms with Crippen molar-refractivity contribution in [2.24, 2.45) is 0 Å². The number of ether oxygens (including phenoxy) is 2. The standard InChI is InChI=1S/C19H22N2O5S/c1-13-8-20(9-14(2)26-13)10-15-3-5-17(6-4-15)19(22)25-11-16-7-18(21(23)24)27-12-16/h3-7,12-14H,8-11H2,1-2H3. The van der Waals surface area contributed by atoms with Gasteiger partial charge in [-0.2, -0.15) is 0 Å². The molecule has 27 heavy (non-hydrogen) atoms. The summed E-state index contributed by atoms with van der Waals surface area (Å²) in [5.74, 6) is -0.441. The lowest BCUT2D eigenvalue weighted by molar-refractivity contribution is -0.380. The fraction of sp³-hybridized carbons (Fsp3) is 0.421. The first-order chi connectivity index (χ1) is 12.9. The first-order valence-electron chi connectivity index (χ1n) is 8.76. The topological polar surface area (TPSA) is 81.9 Å². The van der Waals surface area contributed by atoms with Crippen molar-refractivity contribution < 1.29 is 19.2 Å². The van der Waals surface area contributed by atoms with E-state index in [0.29, 0.717) is 11.1 Å². The molecular formula is C19H22N2O5S. The minimum Gasteiger partial charge on any atom is -0.457 e. The van der Waals surface area contributed by atoms with E-state index >= 15 is 0 Å². The minimum absolute atomic E-state index is 0.0223. The van der Waals surface area contributed by atoms with E-state index in [4.69, 9.17) is 9.47 Å². The van der Waals surface area contributed by atoms with E-state index in [2.05, 4.69) is 18.7 Å². The van der Waals surface area contributed by atoms with Crippen molar-refractivity contribution in [1.29, 1.82) is 0 Å². The highest BCUT2D eigenvalue weighted by molar-refractivity contribution is 7.13. The van der Waals surface area contributed by atoms with Crippen LogP contribution in [-0.2, 0) is 22.6 Å². The molecule has 2 aromatic rings. The second-order valence-corrected chi connectivity index (χ2v) is 7.66. The number of morpholine rings is 1. The molecule has 0 bridgehead atoms. The van der Waals surface area contributed by atoms with Gasteiger partial charge in [0.05, 0.1) is 22.7 Å². The molecular weight excluding hydrogens is 368 g/mol. The number of rotatable bonds is 6. The van der Waals surface area contributed by atoms with Crippen molar-refractivity contribution in [2.75, 3.05) is 13.1 Å². The van der Waals surface area contributed by atoms with Crippen LogP contribution in [0, 0.1) is 10.1 Å². The zero-order valence-electron chi connectivity index (χ0n) is 15.3. The summed E-state index contributed by atoms with van der Waals surface area (Å²) in [4.78, 5) is 24.7. The van der Waals surface area contributed by atoms with Crippen molar-refractivity contribution in [3.05, 3.63) is 62.5 Å². The number of carbonyl (C=O) groups excluding carboxylic acids is 1. The molecule has 0 amide bonds. The number of esters is 1. The van der Waals surface area contributed by atoms with E-state index in [0.717, 1.165) is 36.5 Å². The van der Waals surface area contributed by atoms with Gasteiger partial charge in [0.2, 0.25) is 0 Å². The van der Waals surface area contributed by atoms with Crippen molar-refractivity contribution in [3.63, 3.8) is 0 Å². The summed E-state index contributed by atoms with van der Waals surface area (Å²) in [5.41, 5.74) is 2.21. The number of hydrogen-bond acceptors (Lipinski definition) is 7. The molecule has 0 spiro atoms. The summed E-state index contributed by atoms with van der Waals surface area (Å²) >= 11 is 1.02. The second kappa shape index (κ2) is 8.60. The zero-order valence-corrected chi connectivity index (χ0v) is 16.1. The average molecular weight is 390 g/mol. The maximum Gasteiger partial charge on any atom is 0.338 e. The number of nitro groups is 1. The van der Waals surface area contributed by atoms with Crippen LogP contribution >= 0.6 is 11.3 Å². The van der Waals surface area contributed by atoms with Gasteiger partial charge < -0.3 is 9.47 Å². The van der Waals surface area contributed by atoms with Crippen LogP contribution in [0.25, 0.3) is 0 Å². The molecule has 1 aliphatic heterocycles. The number of benzene rings is 1. The maximum atomic E-state index is 12.2. The van der Waals surface area contributed by atoms with E-state index in [1.807, 2.05) is 12.1 Å². The van der Waals surface area contributed by atoms with E-state index in [-0.39, 0.29) is 23.8 Å². The van der Waals surface area contributed by atoms with Crippen LogP contribution in [-0.4, -0.2) is 41.1 Å². The molecule has 0 radical (unpaired) electrons. The van der Waals surface area contributed by atoms with Crippen LogP contribution in [0.15, 0.2) is 35.7 Å². The average Bonchev–Trinajstić information content (AvgIpc) is 3.09. The lowest BCUT2D eigenvalue weighted by atomic mass is 10.1. The van der Waals surface area contributed by atoms with Gasteiger partial charge in [0.15, 0.2) is 0 Å². The quantitative estimate of drug-likeness (QED) is 0.426. The molecule has 8 heteroatoms. The van der Waals surface area contributed by atoms with Gasteiger partial charge >= 0.3 is 11.0 Å². The van der Waals surface area contributed by atoms with Gasteiger partial charge in [-0.3, -0.25) is 15.0 Å². The first kappa shape index (κ1) is 19.5. The molecule has 1 fully saturated rings. The third kappa shape index (κ3) is 5.35. The lowest BCUT2D eigenvalue weighted by Crippen LogP contribution is -2.44. The van der Waals surface area contributed by atoms with Gasteiger partial charge in [-0.25, -0.2) is 4.79 Å². The normalized spacial score (nSPS) is 20.4. The van der Waals surface area contributed by atoms with Crippen LogP contribution in [0.2, 0.25) is 0 Å². The van der Waals surface area contributed by atoms with E-state index in [1.165, 1.54) is 6.07 Å². The maximum absolute atomic E-state index is 12.2. The van der Waals surface area contributed by atoms with Gasteiger partial charge in [0, 0.05) is 36.6 Å². The minimum atomic E-state index is -0.454. The third-order valence-electron chi connectivity index (χ3n) is 4.28. The van der Waals surface area contributed by atoms with Crippen molar-refractivity contribution in [1.82, 2.24) is 4.90 Å². The lowest BCUT2D eigenvalue weighted by Gasteiger charge is -2.35. The molecule has 1 aromatic heterocycles. The Morgan fingerprint density at radius 1 is 1.26 bits per heavy atom. The van der Waals surface area contributed by atoms with Gasteiger partial charge in [-0.05, 0) is 31.5 Å². The SMILES string of the molecule is CC1CN(Cc2ccc(C(=O)OCc3csc([N+](=O)[O-])c3)cc2)CC(C)O1. The summed E-state index contributed by atoms with van der Waals surface area (Å²) in [6.45, 7) is 6.76. The van der Waals surface area contributed by atoms with Crippen molar-refractivity contribution in [3.8, 4) is 0 Å². The highest BCUT2D eigenvalue weighted by Crippen LogP contribution is 2.23. The predicted molar refractivity (Wildman–Crippen MR) is 102 cm³/mol. The van der Waals surface area contributed by atoms with Crippen LogP contribution in [0.5, 0.6) is 0 Å². The van der Waals surface area contributed by atoms with E-state index < -0.39 is 10.9 Å². The van der Waals surface area contributed by atoms with Gasteiger partial charge in [-0.15, -0.1) is 0 Å². The molecule has 2 unspecified atom stereocenters. The molecule has 1 aromatic carbocycles. The molecule has 0 aliphatic carbocycles. The largest absolute Gasteiger partial charge is 0.457 e. The molecule has 1 aliphatic rings. The van der Waals surface area contributed by atoms with Crippen LogP contribution < -0.4 is 0 Å². The Kier molecular flexibility index (Phi) is 6.20. The number of carbonyl (C=O) groups is 1. The molecule has 144 valence electrons. The summed E-state index contributed by atoms with van der Waals surface area (Å²) in [6, 6.07) is 8.78. The molecule has 2 atom stereocenters. The first-order valence-corrected chi connectivity index (χ1v) is 9.64. The third-order valence-corrected chi connectivity index (χ3v) is 5.21.